The predicted molar refractivity (Wildman–Crippen MR) is 110 cm³/mol. The van der Waals surface area contributed by atoms with Crippen molar-refractivity contribution in [2.45, 2.75) is 32.9 Å². The number of hydrogen-bond donors (Lipinski definition) is 1. The van der Waals surface area contributed by atoms with Crippen LogP contribution in [0.3, 0.4) is 0 Å². The fraction of sp³-hybridized carbons (Fsp3) is 0.250. The lowest BCUT2D eigenvalue weighted by atomic mass is 10.2. The highest BCUT2D eigenvalue weighted by Crippen LogP contribution is 2.19. The van der Waals surface area contributed by atoms with E-state index >= 15 is 0 Å². The van der Waals surface area contributed by atoms with Gasteiger partial charge >= 0.3 is 5.69 Å². The highest BCUT2D eigenvalue weighted by Gasteiger charge is 2.18. The topological polar surface area (TPSA) is 73.1 Å². The zero-order valence-corrected chi connectivity index (χ0v) is 17.0. The second-order valence-corrected chi connectivity index (χ2v) is 7.41. The summed E-state index contributed by atoms with van der Waals surface area (Å²) in [6.07, 6.45) is 0.587. The molecule has 3 aromatic rings. The van der Waals surface area contributed by atoms with Crippen molar-refractivity contribution in [2.75, 3.05) is 5.32 Å². The van der Waals surface area contributed by atoms with Crippen molar-refractivity contribution in [3.63, 3.8) is 0 Å². The summed E-state index contributed by atoms with van der Waals surface area (Å²) in [6, 6.07) is 10.6. The zero-order valence-electron chi connectivity index (χ0n) is 15.4. The first kappa shape index (κ1) is 20.0. The van der Waals surface area contributed by atoms with Crippen molar-refractivity contribution in [2.24, 2.45) is 0 Å². The Hall–Kier alpha value is -2.74. The van der Waals surface area contributed by atoms with Gasteiger partial charge in [-0.05, 0) is 43.7 Å². The second-order valence-electron chi connectivity index (χ2n) is 6.49. The Balaban J connectivity index is 2.06. The van der Waals surface area contributed by atoms with Crippen molar-refractivity contribution in [3.05, 3.63) is 73.6 Å². The molecule has 1 N–H and O–H groups in total. The summed E-state index contributed by atoms with van der Waals surface area (Å²) in [5.41, 5.74) is -0.570. The van der Waals surface area contributed by atoms with Gasteiger partial charge in [0, 0.05) is 10.5 Å². The standard InChI is InChI=1S/C20H19BrFN3O3/c1-3-12(2)25-19(27)14-6-4-5-7-17(14)24(20(25)28)11-18(26)23-16-9-8-13(21)10-15(16)22/h4-10,12H,3,11H2,1-2H3,(H,23,26). The van der Waals surface area contributed by atoms with Gasteiger partial charge in [0.25, 0.3) is 5.56 Å². The van der Waals surface area contributed by atoms with Crippen LogP contribution in [-0.2, 0) is 11.3 Å². The number of carbonyl (C=O) groups excluding carboxylic acids is 1. The highest BCUT2D eigenvalue weighted by atomic mass is 79.9. The number of halogens is 2. The van der Waals surface area contributed by atoms with Crippen LogP contribution in [0.4, 0.5) is 10.1 Å². The molecule has 6 nitrogen and oxygen atoms in total. The van der Waals surface area contributed by atoms with Crippen LogP contribution in [0.5, 0.6) is 0 Å². The summed E-state index contributed by atoms with van der Waals surface area (Å²) in [7, 11) is 0. The maximum absolute atomic E-state index is 14.0. The average Bonchev–Trinajstić information content (AvgIpc) is 2.67. The Morgan fingerprint density at radius 2 is 1.93 bits per heavy atom. The quantitative estimate of drug-likeness (QED) is 0.648. The van der Waals surface area contributed by atoms with Crippen LogP contribution in [0, 0.1) is 5.82 Å². The first-order chi connectivity index (χ1) is 13.3. The molecule has 1 heterocycles. The lowest BCUT2D eigenvalue weighted by molar-refractivity contribution is -0.116. The van der Waals surface area contributed by atoms with Gasteiger partial charge in [-0.25, -0.2) is 9.18 Å². The van der Waals surface area contributed by atoms with Crippen LogP contribution >= 0.6 is 15.9 Å². The van der Waals surface area contributed by atoms with E-state index in [0.717, 1.165) is 4.57 Å². The van der Waals surface area contributed by atoms with Gasteiger partial charge in [-0.1, -0.05) is 35.0 Å². The number of rotatable bonds is 5. The summed E-state index contributed by atoms with van der Waals surface area (Å²) in [5, 5.41) is 2.83. The lowest BCUT2D eigenvalue weighted by Crippen LogP contribution is -2.43. The monoisotopic (exact) mass is 447 g/mol. The third-order valence-electron chi connectivity index (χ3n) is 4.62. The normalized spacial score (nSPS) is 12.1. The van der Waals surface area contributed by atoms with E-state index in [4.69, 9.17) is 0 Å². The molecule has 3 rings (SSSR count). The number of amides is 1. The van der Waals surface area contributed by atoms with Gasteiger partial charge in [-0.2, -0.15) is 0 Å². The fourth-order valence-electron chi connectivity index (χ4n) is 2.99. The largest absolute Gasteiger partial charge is 0.332 e. The number of nitrogens with zero attached hydrogens (tertiary/aromatic N) is 2. The average molecular weight is 448 g/mol. The third-order valence-corrected chi connectivity index (χ3v) is 5.11. The molecular formula is C20H19BrFN3O3. The van der Waals surface area contributed by atoms with Crippen molar-refractivity contribution in [1.29, 1.82) is 0 Å². The molecule has 1 amide bonds. The minimum atomic E-state index is -0.593. The van der Waals surface area contributed by atoms with Gasteiger partial charge in [0.2, 0.25) is 5.91 Å². The van der Waals surface area contributed by atoms with Gasteiger partial charge in [0.05, 0.1) is 16.6 Å². The molecule has 1 unspecified atom stereocenters. The Kier molecular flexibility index (Phi) is 5.79. The fourth-order valence-corrected chi connectivity index (χ4v) is 3.32. The number of carbonyl (C=O) groups is 1. The van der Waals surface area contributed by atoms with Crippen molar-refractivity contribution in [3.8, 4) is 0 Å². The molecule has 0 fully saturated rings. The van der Waals surface area contributed by atoms with E-state index in [-0.39, 0.29) is 23.8 Å². The molecular weight excluding hydrogens is 429 g/mol. The Morgan fingerprint density at radius 3 is 2.61 bits per heavy atom. The number of fused-ring (bicyclic) bond motifs is 1. The molecule has 0 aliphatic rings. The van der Waals surface area contributed by atoms with E-state index in [0.29, 0.717) is 21.8 Å². The van der Waals surface area contributed by atoms with Gasteiger partial charge in [-0.15, -0.1) is 0 Å². The molecule has 0 saturated carbocycles. The predicted octanol–water partition coefficient (Wildman–Crippen LogP) is 3.67. The van der Waals surface area contributed by atoms with Crippen LogP contribution < -0.4 is 16.6 Å². The minimum Gasteiger partial charge on any atom is -0.322 e. The molecule has 28 heavy (non-hydrogen) atoms. The first-order valence-corrected chi connectivity index (χ1v) is 9.61. The third kappa shape index (κ3) is 3.77. The summed E-state index contributed by atoms with van der Waals surface area (Å²) < 4.78 is 16.9. The molecule has 0 aliphatic heterocycles. The maximum Gasteiger partial charge on any atom is 0.332 e. The molecule has 2 aromatic carbocycles. The zero-order chi connectivity index (χ0) is 20.4. The van der Waals surface area contributed by atoms with Gasteiger partial charge in [0.15, 0.2) is 0 Å². The van der Waals surface area contributed by atoms with Crippen LogP contribution in [0.25, 0.3) is 10.9 Å². The maximum atomic E-state index is 14.0. The van der Waals surface area contributed by atoms with E-state index in [1.807, 2.05) is 6.92 Å². The summed E-state index contributed by atoms with van der Waals surface area (Å²) in [5.74, 6) is -1.16. The van der Waals surface area contributed by atoms with Gasteiger partial charge < -0.3 is 5.32 Å². The Morgan fingerprint density at radius 1 is 1.21 bits per heavy atom. The molecule has 0 aliphatic carbocycles. The molecule has 146 valence electrons. The molecule has 0 saturated heterocycles. The SMILES string of the molecule is CCC(C)n1c(=O)c2ccccc2n(CC(=O)Nc2ccc(Br)cc2F)c1=O. The van der Waals surface area contributed by atoms with Crippen LogP contribution in [0.2, 0.25) is 0 Å². The van der Waals surface area contributed by atoms with E-state index in [1.165, 1.54) is 16.7 Å². The van der Waals surface area contributed by atoms with Crippen molar-refractivity contribution in [1.82, 2.24) is 9.13 Å². The smallest absolute Gasteiger partial charge is 0.322 e. The number of benzene rings is 2. The lowest BCUT2D eigenvalue weighted by Gasteiger charge is -2.17. The van der Waals surface area contributed by atoms with E-state index in [9.17, 15) is 18.8 Å². The number of aromatic nitrogens is 2. The molecule has 1 aromatic heterocycles. The minimum absolute atomic E-state index is 0.0146. The number of hydrogen-bond acceptors (Lipinski definition) is 3. The van der Waals surface area contributed by atoms with Crippen LogP contribution in [0.15, 0.2) is 56.5 Å². The first-order valence-electron chi connectivity index (χ1n) is 8.82. The Bertz CT molecular complexity index is 1170. The van der Waals surface area contributed by atoms with Gasteiger partial charge in [-0.3, -0.25) is 18.7 Å². The van der Waals surface area contributed by atoms with Crippen LogP contribution in [0.1, 0.15) is 26.3 Å². The van der Waals surface area contributed by atoms with E-state index < -0.39 is 17.4 Å². The molecule has 0 bridgehead atoms. The van der Waals surface area contributed by atoms with E-state index in [2.05, 4.69) is 21.2 Å². The summed E-state index contributed by atoms with van der Waals surface area (Å²) >= 11 is 3.16. The molecule has 8 heteroatoms. The van der Waals surface area contributed by atoms with Crippen molar-refractivity contribution >= 4 is 38.4 Å². The number of para-hydroxylation sites is 1. The van der Waals surface area contributed by atoms with E-state index in [1.54, 1.807) is 37.3 Å². The number of nitrogens with one attached hydrogen (secondary N) is 1. The molecule has 0 radical (unpaired) electrons. The summed E-state index contributed by atoms with van der Waals surface area (Å²) in [6.45, 7) is 3.31. The van der Waals surface area contributed by atoms with Crippen molar-refractivity contribution < 1.29 is 9.18 Å². The van der Waals surface area contributed by atoms with Gasteiger partial charge in [0.1, 0.15) is 12.4 Å². The number of anilines is 1. The Labute approximate surface area is 168 Å². The van der Waals surface area contributed by atoms with Crippen LogP contribution in [-0.4, -0.2) is 15.0 Å². The second kappa shape index (κ2) is 8.10. The highest BCUT2D eigenvalue weighted by molar-refractivity contribution is 9.10. The summed E-state index contributed by atoms with van der Waals surface area (Å²) in [4.78, 5) is 38.2. The molecule has 1 atom stereocenters. The molecule has 0 spiro atoms.